The van der Waals surface area contributed by atoms with Gasteiger partial charge in [-0.25, -0.2) is 0 Å². The van der Waals surface area contributed by atoms with Crippen LogP contribution >= 0.6 is 0 Å². The fraction of sp³-hybridized carbons (Fsp3) is 0.900. The molecule has 4 heteroatoms. The minimum atomic E-state index is -1.14. The summed E-state index contributed by atoms with van der Waals surface area (Å²) in [5, 5.41) is 32.6. The Morgan fingerprint density at radius 3 is 2.38 bits per heavy atom. The molecule has 138 valence electrons. The van der Waals surface area contributed by atoms with Crippen LogP contribution < -0.4 is 0 Å². The van der Waals surface area contributed by atoms with Gasteiger partial charge in [0.2, 0.25) is 0 Å². The lowest BCUT2D eigenvalue weighted by Crippen LogP contribution is -2.68. The maximum absolute atomic E-state index is 11.0. The quantitative estimate of drug-likeness (QED) is 0.677. The number of hydrogen-bond donors (Lipinski definition) is 3. The van der Waals surface area contributed by atoms with Crippen LogP contribution in [-0.4, -0.2) is 44.8 Å². The van der Waals surface area contributed by atoms with Crippen LogP contribution in [0, 0.1) is 22.7 Å². The third-order valence-corrected chi connectivity index (χ3v) is 7.74. The van der Waals surface area contributed by atoms with Crippen molar-refractivity contribution in [3.63, 3.8) is 0 Å². The lowest BCUT2D eigenvalue weighted by molar-refractivity contribution is -0.262. The predicted octanol–water partition coefficient (Wildman–Crippen LogP) is 2.66. The highest BCUT2D eigenvalue weighted by Crippen LogP contribution is 2.66. The Kier molecular flexibility index (Phi) is 4.05. The summed E-state index contributed by atoms with van der Waals surface area (Å²) in [6.45, 7) is 14.0. The van der Waals surface area contributed by atoms with Crippen molar-refractivity contribution >= 4 is 0 Å². The monoisotopic (exact) mass is 338 g/mol. The predicted molar refractivity (Wildman–Crippen MR) is 93.4 cm³/mol. The molecular formula is C20H34O4. The fourth-order valence-electron chi connectivity index (χ4n) is 6.47. The molecule has 2 saturated carbocycles. The molecule has 24 heavy (non-hydrogen) atoms. The van der Waals surface area contributed by atoms with Gasteiger partial charge in [-0.1, -0.05) is 33.3 Å². The second-order valence-corrected chi connectivity index (χ2v) is 9.77. The van der Waals surface area contributed by atoms with E-state index in [2.05, 4.69) is 27.4 Å². The van der Waals surface area contributed by atoms with Crippen LogP contribution in [0.4, 0.5) is 0 Å². The SMILES string of the molecule is C=C[C@](C)(O)[C@@H]1C[C@@H]2[C@]3(C)CCCC(C)(C)[C@@H]3[C@H](O)[C@H](O)[C@]2(C)O1. The highest BCUT2D eigenvalue weighted by molar-refractivity contribution is 5.19. The van der Waals surface area contributed by atoms with Crippen molar-refractivity contribution in [1.82, 2.24) is 0 Å². The topological polar surface area (TPSA) is 69.9 Å². The van der Waals surface area contributed by atoms with Crippen molar-refractivity contribution < 1.29 is 20.1 Å². The van der Waals surface area contributed by atoms with Gasteiger partial charge in [-0.05, 0) is 55.8 Å². The third-order valence-electron chi connectivity index (χ3n) is 7.74. The number of aliphatic hydroxyl groups excluding tert-OH is 2. The molecule has 0 aromatic carbocycles. The summed E-state index contributed by atoms with van der Waals surface area (Å²) in [6, 6.07) is 0. The zero-order chi connectivity index (χ0) is 18.1. The van der Waals surface area contributed by atoms with Crippen molar-refractivity contribution in [2.45, 2.75) is 89.8 Å². The van der Waals surface area contributed by atoms with Crippen molar-refractivity contribution in [3.05, 3.63) is 12.7 Å². The standard InChI is InChI=1S/C20H34O4/c1-7-19(5,23)13-11-12-18(4)10-8-9-17(2,3)15(18)14(21)16(22)20(12,6)24-13/h7,12-16,21-23H,1,8-11H2,2-6H3/t12-,13+,14+,15+,16+,18+,19+,20-/m1/s1. The summed E-state index contributed by atoms with van der Waals surface area (Å²) in [5.41, 5.74) is -2.11. The molecule has 3 fully saturated rings. The second kappa shape index (κ2) is 5.29. The number of ether oxygens (including phenoxy) is 1. The van der Waals surface area contributed by atoms with Gasteiger partial charge in [-0.2, -0.15) is 0 Å². The van der Waals surface area contributed by atoms with Gasteiger partial charge in [0.05, 0.1) is 17.8 Å². The first kappa shape index (κ1) is 18.4. The molecule has 1 heterocycles. The van der Waals surface area contributed by atoms with E-state index in [0.717, 1.165) is 19.3 Å². The van der Waals surface area contributed by atoms with E-state index in [1.165, 1.54) is 6.08 Å². The molecule has 3 rings (SSSR count). The molecule has 1 saturated heterocycles. The number of fused-ring (bicyclic) bond motifs is 3. The number of aliphatic hydroxyl groups is 3. The lowest BCUT2D eigenvalue weighted by Gasteiger charge is -2.63. The molecule has 0 radical (unpaired) electrons. The van der Waals surface area contributed by atoms with Crippen molar-refractivity contribution in [2.75, 3.05) is 0 Å². The van der Waals surface area contributed by atoms with E-state index in [0.29, 0.717) is 6.42 Å². The van der Waals surface area contributed by atoms with E-state index in [1.807, 2.05) is 6.92 Å². The van der Waals surface area contributed by atoms with Gasteiger partial charge >= 0.3 is 0 Å². The van der Waals surface area contributed by atoms with E-state index < -0.39 is 29.5 Å². The highest BCUT2D eigenvalue weighted by Gasteiger charge is 2.69. The van der Waals surface area contributed by atoms with Gasteiger partial charge in [0, 0.05) is 0 Å². The van der Waals surface area contributed by atoms with E-state index in [-0.39, 0.29) is 22.7 Å². The zero-order valence-corrected chi connectivity index (χ0v) is 15.7. The van der Waals surface area contributed by atoms with Crippen molar-refractivity contribution in [2.24, 2.45) is 22.7 Å². The van der Waals surface area contributed by atoms with Crippen LogP contribution in [0.3, 0.4) is 0 Å². The molecule has 0 amide bonds. The molecule has 2 aliphatic carbocycles. The fourth-order valence-corrected chi connectivity index (χ4v) is 6.47. The van der Waals surface area contributed by atoms with Gasteiger partial charge < -0.3 is 20.1 Å². The molecule has 3 aliphatic rings. The van der Waals surface area contributed by atoms with Crippen molar-refractivity contribution in [1.29, 1.82) is 0 Å². The minimum Gasteiger partial charge on any atom is -0.390 e. The maximum Gasteiger partial charge on any atom is 0.109 e. The Balaban J connectivity index is 2.06. The summed E-state index contributed by atoms with van der Waals surface area (Å²) in [7, 11) is 0. The van der Waals surface area contributed by atoms with Crippen LogP contribution in [-0.2, 0) is 4.74 Å². The van der Waals surface area contributed by atoms with Gasteiger partial charge in [0.25, 0.3) is 0 Å². The average Bonchev–Trinajstić information content (AvgIpc) is 2.85. The van der Waals surface area contributed by atoms with Gasteiger partial charge in [0.1, 0.15) is 11.7 Å². The van der Waals surface area contributed by atoms with E-state index in [4.69, 9.17) is 4.74 Å². The first-order valence-corrected chi connectivity index (χ1v) is 9.30. The molecular weight excluding hydrogens is 304 g/mol. The molecule has 3 N–H and O–H groups in total. The third kappa shape index (κ3) is 2.26. The minimum absolute atomic E-state index is 0.0201. The summed E-state index contributed by atoms with van der Waals surface area (Å²) < 4.78 is 6.24. The molecule has 0 spiro atoms. The molecule has 0 bridgehead atoms. The zero-order valence-electron chi connectivity index (χ0n) is 15.7. The van der Waals surface area contributed by atoms with Crippen LogP contribution in [0.1, 0.15) is 60.3 Å². The average molecular weight is 338 g/mol. The van der Waals surface area contributed by atoms with E-state index in [9.17, 15) is 15.3 Å². The smallest absolute Gasteiger partial charge is 0.109 e. The Labute approximate surface area is 145 Å². The van der Waals surface area contributed by atoms with E-state index >= 15 is 0 Å². The van der Waals surface area contributed by atoms with E-state index in [1.54, 1.807) is 6.92 Å². The summed E-state index contributed by atoms with van der Waals surface area (Å²) in [5.74, 6) is 0.132. The summed E-state index contributed by atoms with van der Waals surface area (Å²) in [4.78, 5) is 0. The van der Waals surface area contributed by atoms with Gasteiger partial charge in [-0.15, -0.1) is 6.58 Å². The van der Waals surface area contributed by atoms with Crippen molar-refractivity contribution in [3.8, 4) is 0 Å². The maximum atomic E-state index is 11.0. The normalized spacial score (nSPS) is 52.9. The molecule has 0 aromatic rings. The lowest BCUT2D eigenvalue weighted by atomic mass is 9.44. The molecule has 0 unspecified atom stereocenters. The number of hydrogen-bond acceptors (Lipinski definition) is 4. The van der Waals surface area contributed by atoms with Crippen LogP contribution in [0.15, 0.2) is 12.7 Å². The summed E-state index contributed by atoms with van der Waals surface area (Å²) in [6.07, 6.45) is 3.26. The van der Waals surface area contributed by atoms with Gasteiger partial charge in [0.15, 0.2) is 0 Å². The Bertz CT molecular complexity index is 528. The molecule has 8 atom stereocenters. The molecule has 1 aliphatic heterocycles. The highest BCUT2D eigenvalue weighted by atomic mass is 16.5. The molecule has 4 nitrogen and oxygen atoms in total. The Morgan fingerprint density at radius 2 is 1.79 bits per heavy atom. The van der Waals surface area contributed by atoms with Gasteiger partial charge in [-0.3, -0.25) is 0 Å². The summed E-state index contributed by atoms with van der Waals surface area (Å²) >= 11 is 0. The Hall–Kier alpha value is -0.420. The second-order valence-electron chi connectivity index (χ2n) is 9.77. The molecule has 0 aromatic heterocycles. The first-order valence-electron chi connectivity index (χ1n) is 9.30. The first-order chi connectivity index (χ1) is 10.9. The van der Waals surface area contributed by atoms with Crippen LogP contribution in [0.25, 0.3) is 0 Å². The van der Waals surface area contributed by atoms with Crippen LogP contribution in [0.5, 0.6) is 0 Å². The largest absolute Gasteiger partial charge is 0.390 e. The number of rotatable bonds is 2. The van der Waals surface area contributed by atoms with Crippen LogP contribution in [0.2, 0.25) is 0 Å². The Morgan fingerprint density at radius 1 is 1.17 bits per heavy atom.